The number of carboxylic acid groups (broad SMARTS) is 1. The van der Waals surface area contributed by atoms with Crippen LogP contribution < -0.4 is 10.4 Å². The van der Waals surface area contributed by atoms with E-state index in [0.29, 0.717) is 27.5 Å². The second-order valence-electron chi connectivity index (χ2n) is 8.01. The fourth-order valence-corrected chi connectivity index (χ4v) is 4.74. The molecule has 0 fully saturated rings. The highest BCUT2D eigenvalue weighted by Crippen LogP contribution is 2.40. The van der Waals surface area contributed by atoms with Crippen LogP contribution in [0.4, 0.5) is 11.4 Å². The predicted octanol–water partition coefficient (Wildman–Crippen LogP) is 4.42. The number of nitrogens with zero attached hydrogens (tertiary/aromatic N) is 3. The van der Waals surface area contributed by atoms with Crippen LogP contribution in [0.2, 0.25) is 0 Å². The number of aromatic carboxylic acids is 1. The van der Waals surface area contributed by atoms with Crippen molar-refractivity contribution in [2.45, 2.75) is 26.7 Å². The Balaban J connectivity index is 1.42. The molecule has 2 aromatic carbocycles. The maximum absolute atomic E-state index is 13.0. The Morgan fingerprint density at radius 1 is 1.12 bits per heavy atom. The molecule has 1 aromatic heterocycles. The van der Waals surface area contributed by atoms with Gasteiger partial charge in [0.1, 0.15) is 10.6 Å². The molecule has 3 N–H and O–H groups in total. The third-order valence-corrected chi connectivity index (χ3v) is 6.82. The average molecular weight is 461 g/mol. The van der Waals surface area contributed by atoms with Crippen LogP contribution in [0.15, 0.2) is 52.7 Å². The Kier molecular flexibility index (Phi) is 4.98. The molecule has 1 aliphatic carbocycles. The molecule has 0 spiro atoms. The monoisotopic (exact) mass is 460 g/mol. The van der Waals surface area contributed by atoms with E-state index in [0.717, 1.165) is 29.7 Å². The Morgan fingerprint density at radius 2 is 1.91 bits per heavy atom. The zero-order valence-electron chi connectivity index (χ0n) is 17.9. The molecule has 8 nitrogen and oxygen atoms in total. The summed E-state index contributed by atoms with van der Waals surface area (Å²) in [4.78, 5) is 25.0. The van der Waals surface area contributed by atoms with Crippen molar-refractivity contribution in [3.63, 3.8) is 0 Å². The van der Waals surface area contributed by atoms with Crippen LogP contribution in [0.1, 0.15) is 33.3 Å². The lowest BCUT2D eigenvalue weighted by molar-refractivity contribution is -0.112. The fraction of sp³-hybridized carbons (Fsp3) is 0.167. The number of fused-ring (bicyclic) bond motifs is 1. The van der Waals surface area contributed by atoms with E-state index < -0.39 is 5.97 Å². The number of hydrogen-bond donors (Lipinski definition) is 3. The molecular formula is C24H20N4O4S. The number of phenols is 1. The Labute approximate surface area is 193 Å². The van der Waals surface area contributed by atoms with Gasteiger partial charge in [-0.15, -0.1) is 11.3 Å². The van der Waals surface area contributed by atoms with E-state index in [4.69, 9.17) is 0 Å². The van der Waals surface area contributed by atoms with Crippen LogP contribution in [-0.2, 0) is 17.6 Å². The lowest BCUT2D eigenvalue weighted by atomic mass is 9.88. The summed E-state index contributed by atoms with van der Waals surface area (Å²) in [5.74, 6) is -1.45. The van der Waals surface area contributed by atoms with Crippen molar-refractivity contribution in [1.82, 2.24) is 0 Å². The van der Waals surface area contributed by atoms with Crippen LogP contribution in [0.5, 0.6) is 5.75 Å². The highest BCUT2D eigenvalue weighted by molar-refractivity contribution is 7.17. The molecule has 1 aliphatic heterocycles. The van der Waals surface area contributed by atoms with E-state index >= 15 is 0 Å². The first-order valence-corrected chi connectivity index (χ1v) is 11.2. The van der Waals surface area contributed by atoms with Crippen molar-refractivity contribution >= 4 is 46.0 Å². The Hall–Kier alpha value is -3.98. The second-order valence-corrected chi connectivity index (χ2v) is 9.09. The largest absolute Gasteiger partial charge is 0.505 e. The van der Waals surface area contributed by atoms with Gasteiger partial charge < -0.3 is 10.2 Å². The molecule has 166 valence electrons. The maximum Gasteiger partial charge on any atom is 0.345 e. The standard InChI is InChI=1S/C24H20N4O4S/c1-12-9-17(19-7-8-20(33-19)24(31)32)22(29)18(10-12)25-26-21-13(2)27-28(23(21)30)16-6-5-14-3-4-15(14)11-16/h5-11,25,29H,3-4H2,1-2H3,(H,31,32)/b26-21-. The number of aromatic hydroxyl groups is 1. The molecule has 0 bridgehead atoms. The molecule has 5 rings (SSSR count). The number of anilines is 2. The van der Waals surface area contributed by atoms with Gasteiger partial charge >= 0.3 is 11.9 Å². The third kappa shape index (κ3) is 3.66. The van der Waals surface area contributed by atoms with Crippen LogP contribution in [0.3, 0.4) is 0 Å². The van der Waals surface area contributed by atoms with E-state index in [1.807, 2.05) is 25.1 Å². The van der Waals surface area contributed by atoms with Gasteiger partial charge in [-0.05, 0) is 79.8 Å². The number of carbonyl (C=O) groups is 2. The lowest BCUT2D eigenvalue weighted by Gasteiger charge is -2.21. The van der Waals surface area contributed by atoms with E-state index in [2.05, 4.69) is 15.6 Å². The summed E-state index contributed by atoms with van der Waals surface area (Å²) in [7, 11) is 0. The highest BCUT2D eigenvalue weighted by Gasteiger charge is 2.31. The van der Waals surface area contributed by atoms with Crippen LogP contribution in [0.25, 0.3) is 10.4 Å². The summed E-state index contributed by atoms with van der Waals surface area (Å²) >= 11 is 1.07. The zero-order chi connectivity index (χ0) is 23.3. The van der Waals surface area contributed by atoms with Gasteiger partial charge in [0.25, 0.3) is 0 Å². The fourth-order valence-electron chi connectivity index (χ4n) is 3.88. The number of hydrazone groups is 2. The molecule has 33 heavy (non-hydrogen) atoms. The smallest absolute Gasteiger partial charge is 0.345 e. The number of carboxylic acids is 1. The van der Waals surface area contributed by atoms with Gasteiger partial charge in [0.05, 0.1) is 17.1 Å². The first kappa shape index (κ1) is 20.9. The number of benzene rings is 2. The van der Waals surface area contributed by atoms with E-state index in [1.165, 1.54) is 22.2 Å². The van der Waals surface area contributed by atoms with Crippen LogP contribution in [0, 0.1) is 6.92 Å². The predicted molar refractivity (Wildman–Crippen MR) is 129 cm³/mol. The minimum atomic E-state index is -1.02. The van der Waals surface area contributed by atoms with Crippen molar-refractivity contribution in [3.05, 3.63) is 64.0 Å². The molecule has 0 saturated carbocycles. The van der Waals surface area contributed by atoms with Gasteiger partial charge in [0.15, 0.2) is 5.71 Å². The molecule has 0 radical (unpaired) electrons. The van der Waals surface area contributed by atoms with Gasteiger partial charge in [0.2, 0.25) is 0 Å². The molecule has 2 aliphatic rings. The topological polar surface area (TPSA) is 115 Å². The maximum atomic E-state index is 13.0. The SMILES string of the molecule is CC1=NN(c2ccc3c(c2)CC3)C(=O)/C1=N\Nc1cc(C)cc(-c2ccc(C(=O)O)s2)c1O. The number of phenolic OH excluding ortho intramolecular Hbond substituents is 1. The van der Waals surface area contributed by atoms with E-state index in [1.54, 1.807) is 25.1 Å². The molecule has 0 saturated heterocycles. The van der Waals surface area contributed by atoms with Gasteiger partial charge in [0, 0.05) is 10.4 Å². The number of hydrogen-bond acceptors (Lipinski definition) is 7. The van der Waals surface area contributed by atoms with Crippen LogP contribution >= 0.6 is 11.3 Å². The van der Waals surface area contributed by atoms with Crippen molar-refractivity contribution in [3.8, 4) is 16.2 Å². The minimum absolute atomic E-state index is 0.0806. The highest BCUT2D eigenvalue weighted by atomic mass is 32.1. The van der Waals surface area contributed by atoms with Gasteiger partial charge in [-0.25, -0.2) is 4.79 Å². The van der Waals surface area contributed by atoms with Gasteiger partial charge in [-0.2, -0.15) is 15.2 Å². The first-order valence-electron chi connectivity index (χ1n) is 10.3. The van der Waals surface area contributed by atoms with Crippen molar-refractivity contribution < 1.29 is 19.8 Å². The lowest BCUT2D eigenvalue weighted by Crippen LogP contribution is -2.28. The molecule has 1 amide bonds. The van der Waals surface area contributed by atoms with Crippen LogP contribution in [-0.4, -0.2) is 33.5 Å². The molecule has 2 heterocycles. The van der Waals surface area contributed by atoms with Crippen molar-refractivity contribution in [2.75, 3.05) is 10.4 Å². The summed E-state index contributed by atoms with van der Waals surface area (Å²) in [5.41, 5.74) is 8.29. The summed E-state index contributed by atoms with van der Waals surface area (Å²) in [6.07, 6.45) is 2.07. The number of amides is 1. The number of carbonyl (C=O) groups excluding carboxylic acids is 1. The normalized spacial score (nSPS) is 15.9. The minimum Gasteiger partial charge on any atom is -0.505 e. The second kappa shape index (κ2) is 7.86. The van der Waals surface area contributed by atoms with Gasteiger partial charge in [-0.3, -0.25) is 10.2 Å². The molecular weight excluding hydrogens is 440 g/mol. The van der Waals surface area contributed by atoms with E-state index in [-0.39, 0.29) is 22.2 Å². The van der Waals surface area contributed by atoms with Gasteiger partial charge in [-0.1, -0.05) is 6.07 Å². The number of thiophene rings is 1. The first-order chi connectivity index (χ1) is 15.8. The summed E-state index contributed by atoms with van der Waals surface area (Å²) in [6.45, 7) is 3.56. The average Bonchev–Trinajstić information content (AvgIpc) is 3.35. The van der Waals surface area contributed by atoms with E-state index in [9.17, 15) is 19.8 Å². The molecule has 0 atom stereocenters. The summed E-state index contributed by atoms with van der Waals surface area (Å²) in [5, 5.41) is 30.0. The molecule has 9 heteroatoms. The zero-order valence-corrected chi connectivity index (χ0v) is 18.7. The third-order valence-electron chi connectivity index (χ3n) is 5.71. The number of nitrogens with one attached hydrogen (secondary N) is 1. The summed E-state index contributed by atoms with van der Waals surface area (Å²) < 4.78 is 0. The number of rotatable bonds is 5. The molecule has 3 aromatic rings. The Morgan fingerprint density at radius 3 is 2.58 bits per heavy atom. The quantitative estimate of drug-likeness (QED) is 0.385. The van der Waals surface area contributed by atoms with Crippen molar-refractivity contribution in [1.29, 1.82) is 0 Å². The Bertz CT molecular complexity index is 1390. The number of aryl methyl sites for hydroxylation is 3. The van der Waals surface area contributed by atoms with Crippen molar-refractivity contribution in [2.24, 2.45) is 10.2 Å². The summed E-state index contributed by atoms with van der Waals surface area (Å²) in [6, 6.07) is 12.5. The molecule has 0 unspecified atom stereocenters.